The zero-order valence-corrected chi connectivity index (χ0v) is 22.4. The molecule has 0 radical (unpaired) electrons. The highest BCUT2D eigenvalue weighted by Crippen LogP contribution is 2.39. The highest BCUT2D eigenvalue weighted by Gasteiger charge is 2.20. The molecule has 0 aliphatic heterocycles. The number of fused-ring (bicyclic) bond motifs is 1. The van der Waals surface area contributed by atoms with Crippen molar-refractivity contribution >= 4 is 34.5 Å². The van der Waals surface area contributed by atoms with Gasteiger partial charge in [-0.3, -0.25) is 9.20 Å². The van der Waals surface area contributed by atoms with E-state index in [4.69, 9.17) is 22.1 Å². The zero-order chi connectivity index (χ0) is 26.0. The molecule has 0 saturated heterocycles. The van der Waals surface area contributed by atoms with E-state index in [1.807, 2.05) is 53.9 Å². The molecule has 1 amide bonds. The number of thiophene rings is 1. The number of rotatable bonds is 9. The van der Waals surface area contributed by atoms with Crippen LogP contribution >= 0.6 is 22.9 Å². The van der Waals surface area contributed by atoms with E-state index in [9.17, 15) is 9.90 Å². The number of benzene rings is 1. The lowest BCUT2D eigenvalue weighted by atomic mass is 10.1. The van der Waals surface area contributed by atoms with Crippen LogP contribution in [0.1, 0.15) is 55.4 Å². The van der Waals surface area contributed by atoms with E-state index in [-0.39, 0.29) is 24.7 Å². The minimum atomic E-state index is -0.435. The number of aliphatic hydroxyl groups is 1. The van der Waals surface area contributed by atoms with Crippen LogP contribution in [0.5, 0.6) is 5.75 Å². The first-order valence-electron chi connectivity index (χ1n) is 11.7. The highest BCUT2D eigenvalue weighted by molar-refractivity contribution is 7.15. The molecule has 0 aliphatic carbocycles. The Morgan fingerprint density at radius 3 is 2.67 bits per heavy atom. The molecule has 0 unspecified atom stereocenters. The molecule has 0 aliphatic rings. The zero-order valence-electron chi connectivity index (χ0n) is 20.8. The van der Waals surface area contributed by atoms with Crippen molar-refractivity contribution in [3.8, 4) is 16.3 Å². The van der Waals surface area contributed by atoms with Crippen LogP contribution in [-0.2, 0) is 24.4 Å². The molecule has 4 rings (SSSR count). The maximum atomic E-state index is 11.8. The van der Waals surface area contributed by atoms with Crippen LogP contribution in [0.3, 0.4) is 0 Å². The fraction of sp³-hybridized carbons (Fsp3) is 0.333. The first-order valence-corrected chi connectivity index (χ1v) is 12.9. The number of carbonyl (C=O) groups excluding carboxylic acids is 1. The second-order valence-corrected chi connectivity index (χ2v) is 11.4. The molecular weight excluding hydrogens is 496 g/mol. The molecular formula is C27H31ClN4O3S. The van der Waals surface area contributed by atoms with Crippen LogP contribution in [0.4, 0.5) is 0 Å². The number of halogens is 1. The maximum Gasteiger partial charge on any atom is 0.222 e. The van der Waals surface area contributed by atoms with Crippen molar-refractivity contribution in [2.24, 2.45) is 5.73 Å². The molecule has 3 heterocycles. The predicted molar refractivity (Wildman–Crippen MR) is 144 cm³/mol. The molecule has 0 saturated carbocycles. The Kier molecular flexibility index (Phi) is 7.70. The average molecular weight is 527 g/mol. The third-order valence-corrected chi connectivity index (χ3v) is 7.20. The summed E-state index contributed by atoms with van der Waals surface area (Å²) in [5, 5.41) is 13.6. The van der Waals surface area contributed by atoms with E-state index < -0.39 is 5.91 Å². The standard InChI is InChI=1S/C27H31ClN4O3S/c1-16(19-7-5-17(9-20(19)28)12-31-27(2,3)4)35-22-10-23(36-24(22)11-25(29)34)21-13-30-26-8-6-18(15-33)14-32(21)26/h5-10,13-14,16,31,33H,11-12,15H2,1-4H3,(H2,29,34)/t16-/m1/s1. The highest BCUT2D eigenvalue weighted by atomic mass is 35.5. The van der Waals surface area contributed by atoms with Crippen molar-refractivity contribution in [2.45, 2.75) is 58.9 Å². The lowest BCUT2D eigenvalue weighted by molar-refractivity contribution is -0.117. The van der Waals surface area contributed by atoms with Crippen molar-refractivity contribution in [3.63, 3.8) is 0 Å². The van der Waals surface area contributed by atoms with Gasteiger partial charge in [0.15, 0.2) is 0 Å². The predicted octanol–water partition coefficient (Wildman–Crippen LogP) is 5.26. The minimum absolute atomic E-state index is 0.00946. The Labute approximate surface area is 219 Å². The van der Waals surface area contributed by atoms with Gasteiger partial charge in [0.2, 0.25) is 5.91 Å². The lowest BCUT2D eigenvalue weighted by Crippen LogP contribution is -2.35. The van der Waals surface area contributed by atoms with Crippen LogP contribution in [0.2, 0.25) is 5.02 Å². The van der Waals surface area contributed by atoms with Crippen molar-refractivity contribution in [1.29, 1.82) is 0 Å². The van der Waals surface area contributed by atoms with Gasteiger partial charge >= 0.3 is 0 Å². The summed E-state index contributed by atoms with van der Waals surface area (Å²) in [6.45, 7) is 8.94. The maximum absolute atomic E-state index is 11.8. The molecule has 4 aromatic rings. The number of amides is 1. The second kappa shape index (κ2) is 10.6. The fourth-order valence-electron chi connectivity index (χ4n) is 3.85. The Morgan fingerprint density at radius 2 is 2.00 bits per heavy atom. The van der Waals surface area contributed by atoms with Crippen molar-refractivity contribution in [2.75, 3.05) is 0 Å². The van der Waals surface area contributed by atoms with E-state index >= 15 is 0 Å². The van der Waals surface area contributed by atoms with E-state index in [1.54, 1.807) is 6.20 Å². The fourth-order valence-corrected chi connectivity index (χ4v) is 5.32. The largest absolute Gasteiger partial charge is 0.485 e. The molecule has 3 aromatic heterocycles. The van der Waals surface area contributed by atoms with Gasteiger partial charge in [0.05, 0.1) is 34.7 Å². The summed E-state index contributed by atoms with van der Waals surface area (Å²) >= 11 is 8.07. The summed E-state index contributed by atoms with van der Waals surface area (Å²) in [5.74, 6) is 0.152. The molecule has 190 valence electrons. The summed E-state index contributed by atoms with van der Waals surface area (Å²) in [6.07, 6.45) is 3.34. The quantitative estimate of drug-likeness (QED) is 0.276. The summed E-state index contributed by atoms with van der Waals surface area (Å²) in [7, 11) is 0. The molecule has 0 fully saturated rings. The summed E-state index contributed by atoms with van der Waals surface area (Å²) < 4.78 is 8.25. The SMILES string of the molecule is C[C@@H](Oc1cc(-c2cnc3ccc(CO)cn23)sc1CC(N)=O)c1ccc(CNC(C)(C)C)cc1Cl. The van der Waals surface area contributed by atoms with Gasteiger partial charge in [-0.05, 0) is 51.0 Å². The minimum Gasteiger partial charge on any atom is -0.485 e. The van der Waals surface area contributed by atoms with Gasteiger partial charge in [-0.2, -0.15) is 0 Å². The van der Waals surface area contributed by atoms with Crippen molar-refractivity contribution in [1.82, 2.24) is 14.7 Å². The number of pyridine rings is 1. The van der Waals surface area contributed by atoms with Gasteiger partial charge in [-0.25, -0.2) is 4.98 Å². The van der Waals surface area contributed by atoms with Crippen LogP contribution in [-0.4, -0.2) is 25.9 Å². The third kappa shape index (κ3) is 6.07. The number of ether oxygens (including phenoxy) is 1. The average Bonchev–Trinajstić information content (AvgIpc) is 3.40. The van der Waals surface area contributed by atoms with Gasteiger partial charge in [0, 0.05) is 34.9 Å². The number of primary amides is 1. The molecule has 7 nitrogen and oxygen atoms in total. The number of nitrogens with two attached hydrogens (primary N) is 1. The molecule has 36 heavy (non-hydrogen) atoms. The summed E-state index contributed by atoms with van der Waals surface area (Å²) in [4.78, 5) is 17.9. The third-order valence-electron chi connectivity index (χ3n) is 5.74. The van der Waals surface area contributed by atoms with E-state index in [1.165, 1.54) is 11.3 Å². The van der Waals surface area contributed by atoms with Crippen molar-refractivity contribution in [3.05, 3.63) is 75.4 Å². The number of nitrogens with zero attached hydrogens (tertiary/aromatic N) is 2. The number of aliphatic hydroxyl groups excluding tert-OH is 1. The van der Waals surface area contributed by atoms with Crippen LogP contribution in [0.15, 0.2) is 48.8 Å². The Balaban J connectivity index is 1.62. The van der Waals surface area contributed by atoms with Gasteiger partial charge in [0.25, 0.3) is 0 Å². The first kappa shape index (κ1) is 26.2. The number of hydrogen-bond acceptors (Lipinski definition) is 6. The number of imidazole rings is 1. The monoisotopic (exact) mass is 526 g/mol. The van der Waals surface area contributed by atoms with Crippen LogP contribution < -0.4 is 15.8 Å². The molecule has 0 bridgehead atoms. The lowest BCUT2D eigenvalue weighted by Gasteiger charge is -2.21. The topological polar surface area (TPSA) is 102 Å². The van der Waals surface area contributed by atoms with Gasteiger partial charge in [0.1, 0.15) is 17.5 Å². The number of nitrogens with one attached hydrogen (secondary N) is 1. The second-order valence-electron chi connectivity index (χ2n) is 9.83. The normalized spacial score (nSPS) is 12.7. The molecule has 0 spiro atoms. The molecule has 9 heteroatoms. The van der Waals surface area contributed by atoms with Gasteiger partial charge < -0.3 is 20.9 Å². The van der Waals surface area contributed by atoms with E-state index in [0.29, 0.717) is 17.3 Å². The Morgan fingerprint density at radius 1 is 1.25 bits per heavy atom. The van der Waals surface area contributed by atoms with Gasteiger partial charge in [-0.15, -0.1) is 11.3 Å². The summed E-state index contributed by atoms with van der Waals surface area (Å²) in [6, 6.07) is 11.6. The number of aromatic nitrogens is 2. The first-order chi connectivity index (χ1) is 17.0. The molecule has 1 aromatic carbocycles. The number of carbonyl (C=O) groups is 1. The molecule has 1 atom stereocenters. The van der Waals surface area contributed by atoms with E-state index in [2.05, 4.69) is 31.1 Å². The van der Waals surface area contributed by atoms with Crippen molar-refractivity contribution < 1.29 is 14.6 Å². The van der Waals surface area contributed by atoms with E-state index in [0.717, 1.165) is 37.8 Å². The summed E-state index contributed by atoms with van der Waals surface area (Å²) in [5.41, 5.74) is 9.86. The van der Waals surface area contributed by atoms with Crippen LogP contribution in [0.25, 0.3) is 16.2 Å². The Hall–Kier alpha value is -2.91. The molecule has 4 N–H and O–H groups in total. The van der Waals surface area contributed by atoms with Crippen LogP contribution in [0, 0.1) is 0 Å². The smallest absolute Gasteiger partial charge is 0.222 e. The Bertz CT molecular complexity index is 1390. The van der Waals surface area contributed by atoms with Gasteiger partial charge in [-0.1, -0.05) is 29.8 Å². The number of hydrogen-bond donors (Lipinski definition) is 3.